The normalized spacial score (nSPS) is 17.1. The van der Waals surface area contributed by atoms with Crippen molar-refractivity contribution in [2.24, 2.45) is 0 Å². The van der Waals surface area contributed by atoms with Crippen molar-refractivity contribution in [2.75, 3.05) is 31.1 Å². The monoisotopic (exact) mass is 590 g/mol. The van der Waals surface area contributed by atoms with Gasteiger partial charge in [-0.05, 0) is 0 Å². The maximum absolute atomic E-state index is 13.5. The number of hydrogen-bond donors (Lipinski definition) is 1. The number of nitrogens with zero attached hydrogens (tertiary/aromatic N) is 8. The molecule has 1 aliphatic rings. The summed E-state index contributed by atoms with van der Waals surface area (Å²) >= 11 is 0.205. The quantitative estimate of drug-likeness (QED) is 0.452. The lowest BCUT2D eigenvalue weighted by atomic mass is 10.1. The molecule has 1 atom stereocenters. The first kappa shape index (κ1) is 28.5. The zero-order valence-corrected chi connectivity index (χ0v) is 19.9. The van der Waals surface area contributed by atoms with Crippen molar-refractivity contribution in [1.82, 2.24) is 34.6 Å². The first-order valence-electron chi connectivity index (χ1n) is 10.7. The number of rotatable bonds is 5. The van der Waals surface area contributed by atoms with Crippen LogP contribution in [0.2, 0.25) is 0 Å². The van der Waals surface area contributed by atoms with E-state index < -0.39 is 60.3 Å². The lowest BCUT2D eigenvalue weighted by Crippen LogP contribution is -2.57. The maximum atomic E-state index is 13.5. The molecule has 4 heterocycles. The molecule has 0 bridgehead atoms. The van der Waals surface area contributed by atoms with Crippen LogP contribution in [0.5, 0.6) is 0 Å². The zero-order chi connectivity index (χ0) is 28.8. The molecule has 10 nitrogen and oxygen atoms in total. The number of aliphatic hydroxyl groups is 1. The molecule has 0 unspecified atom stereocenters. The van der Waals surface area contributed by atoms with Crippen molar-refractivity contribution in [3.05, 3.63) is 35.4 Å². The van der Waals surface area contributed by atoms with Crippen LogP contribution in [-0.2, 0) is 29.9 Å². The molecule has 212 valence electrons. The molecule has 0 aliphatic carbocycles. The Morgan fingerprint density at radius 2 is 1.59 bits per heavy atom. The Morgan fingerprint density at radius 1 is 0.949 bits per heavy atom. The lowest BCUT2D eigenvalue weighted by molar-refractivity contribution is -0.145. The molecule has 1 saturated heterocycles. The van der Waals surface area contributed by atoms with E-state index in [9.17, 15) is 49.4 Å². The van der Waals surface area contributed by atoms with Crippen molar-refractivity contribution >= 4 is 22.2 Å². The molecule has 0 radical (unpaired) electrons. The van der Waals surface area contributed by atoms with Gasteiger partial charge in [-0.3, -0.25) is 4.79 Å². The van der Waals surface area contributed by atoms with E-state index in [1.165, 1.54) is 4.90 Å². The molecular formula is C19H15F9N8O2S. The Balaban J connectivity index is 1.57. The fourth-order valence-electron chi connectivity index (χ4n) is 3.69. The number of anilines is 1. The van der Waals surface area contributed by atoms with Crippen molar-refractivity contribution in [2.45, 2.75) is 31.1 Å². The molecule has 3 aromatic heterocycles. The molecular weight excluding hydrogens is 575 g/mol. The minimum absolute atomic E-state index is 0.0959. The second-order valence-corrected chi connectivity index (χ2v) is 9.07. The van der Waals surface area contributed by atoms with Gasteiger partial charge in [0.05, 0.1) is 12.6 Å². The van der Waals surface area contributed by atoms with E-state index >= 15 is 0 Å². The summed E-state index contributed by atoms with van der Waals surface area (Å²) in [5, 5.41) is 11.6. The predicted molar refractivity (Wildman–Crippen MR) is 113 cm³/mol. The number of thiazole rings is 1. The van der Waals surface area contributed by atoms with Crippen LogP contribution in [0.25, 0.3) is 11.3 Å². The smallest absolute Gasteiger partial charge is 0.394 e. The Morgan fingerprint density at radius 3 is 2.13 bits per heavy atom. The first-order chi connectivity index (χ1) is 18.1. The molecule has 1 aliphatic heterocycles. The molecule has 1 amide bonds. The highest BCUT2D eigenvalue weighted by molar-refractivity contribution is 7.16. The molecule has 1 fully saturated rings. The largest absolute Gasteiger partial charge is 0.453 e. The Labute approximate surface area is 215 Å². The number of hydrogen-bond acceptors (Lipinski definition) is 9. The Bertz CT molecular complexity index is 1320. The van der Waals surface area contributed by atoms with Crippen LogP contribution in [0.1, 0.15) is 16.7 Å². The third kappa shape index (κ3) is 6.21. The summed E-state index contributed by atoms with van der Waals surface area (Å²) in [6.07, 6.45) is -12.5. The molecule has 20 heteroatoms. The van der Waals surface area contributed by atoms with Gasteiger partial charge in [0, 0.05) is 37.6 Å². The van der Waals surface area contributed by atoms with Crippen molar-refractivity contribution < 1.29 is 49.4 Å². The number of amides is 1. The van der Waals surface area contributed by atoms with Crippen molar-refractivity contribution in [3.63, 3.8) is 0 Å². The van der Waals surface area contributed by atoms with Gasteiger partial charge in [-0.1, -0.05) is 11.3 Å². The van der Waals surface area contributed by atoms with Gasteiger partial charge in [-0.25, -0.2) is 24.6 Å². The summed E-state index contributed by atoms with van der Waals surface area (Å²) in [6.45, 7) is -1.78. The van der Waals surface area contributed by atoms with Crippen LogP contribution < -0.4 is 4.90 Å². The molecule has 4 rings (SSSR count). The van der Waals surface area contributed by atoms with E-state index in [1.807, 2.05) is 0 Å². The van der Waals surface area contributed by atoms with Crippen LogP contribution in [0, 0.1) is 0 Å². The highest BCUT2D eigenvalue weighted by atomic mass is 32.1. The van der Waals surface area contributed by atoms with Crippen LogP contribution >= 0.6 is 11.3 Å². The Hall–Kier alpha value is -3.55. The summed E-state index contributed by atoms with van der Waals surface area (Å²) in [7, 11) is 0. The van der Waals surface area contributed by atoms with Crippen LogP contribution in [0.4, 0.5) is 44.5 Å². The third-order valence-corrected chi connectivity index (χ3v) is 6.58. The average Bonchev–Trinajstić information content (AvgIpc) is 3.51. The van der Waals surface area contributed by atoms with Gasteiger partial charge in [0.2, 0.25) is 16.7 Å². The highest BCUT2D eigenvalue weighted by Crippen LogP contribution is 2.43. The Kier molecular flexibility index (Phi) is 7.45. The molecule has 39 heavy (non-hydrogen) atoms. The highest BCUT2D eigenvalue weighted by Gasteiger charge is 2.40. The number of alkyl halides is 9. The van der Waals surface area contributed by atoms with Gasteiger partial charge >= 0.3 is 18.5 Å². The third-order valence-electron chi connectivity index (χ3n) is 5.42. The average molecular weight is 590 g/mol. The van der Waals surface area contributed by atoms with E-state index in [0.29, 0.717) is 23.4 Å². The summed E-state index contributed by atoms with van der Waals surface area (Å²) < 4.78 is 118. The van der Waals surface area contributed by atoms with Gasteiger partial charge in [-0.2, -0.15) is 39.5 Å². The lowest BCUT2D eigenvalue weighted by Gasteiger charge is -2.41. The number of aliphatic hydroxyl groups excluding tert-OH is 1. The minimum Gasteiger partial charge on any atom is -0.394 e. The van der Waals surface area contributed by atoms with E-state index in [4.69, 9.17) is 0 Å². The second-order valence-electron chi connectivity index (χ2n) is 8.10. The predicted octanol–water partition coefficient (Wildman–Crippen LogP) is 2.96. The maximum Gasteiger partial charge on any atom is 0.453 e. The number of aromatic nitrogens is 6. The van der Waals surface area contributed by atoms with Crippen molar-refractivity contribution in [3.8, 4) is 11.3 Å². The number of carbonyl (C=O) groups excluding carboxylic acids is 1. The zero-order valence-electron chi connectivity index (χ0n) is 19.1. The minimum atomic E-state index is -4.88. The van der Waals surface area contributed by atoms with Crippen LogP contribution in [-0.4, -0.2) is 77.9 Å². The van der Waals surface area contributed by atoms with Crippen LogP contribution in [0.3, 0.4) is 0 Å². The van der Waals surface area contributed by atoms with E-state index in [1.54, 1.807) is 0 Å². The SMILES string of the molecule is O=C(Cn1cnc(C(F)(F)F)n1)N1CCN(c2sc(C(F)(F)F)nc2-c2cnc(C(F)(F)F)nc2)C[C@H]1CO. The first-order valence-corrected chi connectivity index (χ1v) is 11.5. The molecule has 0 spiro atoms. The summed E-state index contributed by atoms with van der Waals surface area (Å²) in [6, 6.07) is -0.995. The van der Waals surface area contributed by atoms with Gasteiger partial charge in [0.25, 0.3) is 5.82 Å². The second kappa shape index (κ2) is 10.2. The number of halogens is 9. The van der Waals surface area contributed by atoms with Gasteiger partial charge in [-0.15, -0.1) is 5.10 Å². The fourth-order valence-corrected chi connectivity index (χ4v) is 4.68. The van der Waals surface area contributed by atoms with Crippen molar-refractivity contribution in [1.29, 1.82) is 0 Å². The number of piperazine rings is 1. The summed E-state index contributed by atoms with van der Waals surface area (Å²) in [5.74, 6) is -3.69. The van der Waals surface area contributed by atoms with Gasteiger partial charge < -0.3 is 14.9 Å². The number of carbonyl (C=O) groups is 1. The summed E-state index contributed by atoms with van der Waals surface area (Å²) in [4.78, 5) is 28.2. The van der Waals surface area contributed by atoms with Gasteiger partial charge in [0.15, 0.2) is 0 Å². The molecule has 1 N–H and O–H groups in total. The standard InChI is InChI=1S/C19H15F9N8O2S/c20-17(21,22)14-29-3-9(4-30-14)12-13(39-16(32-12)19(26,27)28)34-1-2-36(10(5-34)7-37)11(38)6-35-8-31-15(33-35)18(23,24)25/h3-4,8,10,37H,1-2,5-7H2/t10-/m0/s1. The molecule has 0 aromatic carbocycles. The topological polar surface area (TPSA) is 113 Å². The summed E-state index contributed by atoms with van der Waals surface area (Å²) in [5.41, 5.74) is -0.574. The molecule has 0 saturated carbocycles. The van der Waals surface area contributed by atoms with Gasteiger partial charge in [0.1, 0.15) is 23.6 Å². The van der Waals surface area contributed by atoms with Crippen LogP contribution in [0.15, 0.2) is 18.7 Å². The van der Waals surface area contributed by atoms with E-state index in [-0.39, 0.29) is 47.2 Å². The molecule has 3 aromatic rings. The van der Waals surface area contributed by atoms with E-state index in [2.05, 4.69) is 25.0 Å². The van der Waals surface area contributed by atoms with E-state index in [0.717, 1.165) is 4.90 Å². The fraction of sp³-hybridized carbons (Fsp3) is 0.474.